The molecule has 0 aliphatic heterocycles. The molecule has 1 unspecified atom stereocenters. The molecule has 0 aliphatic rings. The van der Waals surface area contributed by atoms with Crippen molar-refractivity contribution >= 4 is 37.1 Å². The van der Waals surface area contributed by atoms with E-state index in [2.05, 4.69) is 19.2 Å². The molecule has 28 heavy (non-hydrogen) atoms. The van der Waals surface area contributed by atoms with E-state index < -0.39 is 8.46 Å². The van der Waals surface area contributed by atoms with Gasteiger partial charge in [0.05, 0.1) is 19.8 Å². The van der Waals surface area contributed by atoms with Crippen LogP contribution in [0.3, 0.4) is 0 Å². The standard InChI is InChI=1S/C22H25N2O2PS/c1-3-22(4-2,27-26)17-10-7-15(8-11-17)21(25)24-19-14-16(9-12-18(19)23)20-6-5-13-28-20/h5-14H,3-4,23,27H2,1-2H3,(H,24,25). The first-order chi connectivity index (χ1) is 13.5. The van der Waals surface area contributed by atoms with Gasteiger partial charge in [-0.25, -0.2) is 0 Å². The molecule has 0 aliphatic carbocycles. The third-order valence-corrected chi connectivity index (χ3v) is 7.84. The molecule has 1 atom stereocenters. The van der Waals surface area contributed by atoms with E-state index in [0.29, 0.717) is 16.9 Å². The van der Waals surface area contributed by atoms with E-state index in [1.54, 1.807) is 23.5 Å². The highest BCUT2D eigenvalue weighted by Crippen LogP contribution is 2.41. The van der Waals surface area contributed by atoms with Crippen LogP contribution in [0.4, 0.5) is 11.4 Å². The molecule has 4 nitrogen and oxygen atoms in total. The Kier molecular flexibility index (Phi) is 6.38. The topological polar surface area (TPSA) is 72.2 Å². The molecule has 1 amide bonds. The molecular weight excluding hydrogens is 387 g/mol. The number of nitrogens with one attached hydrogen (secondary N) is 1. The molecule has 0 spiro atoms. The van der Waals surface area contributed by atoms with E-state index in [9.17, 15) is 9.36 Å². The summed E-state index contributed by atoms with van der Waals surface area (Å²) >= 11 is 1.64. The van der Waals surface area contributed by atoms with Crippen LogP contribution in [0, 0.1) is 0 Å². The summed E-state index contributed by atoms with van der Waals surface area (Å²) in [6, 6.07) is 17.1. The van der Waals surface area contributed by atoms with E-state index in [1.807, 2.05) is 47.8 Å². The van der Waals surface area contributed by atoms with Crippen molar-refractivity contribution in [2.75, 3.05) is 11.1 Å². The van der Waals surface area contributed by atoms with Crippen LogP contribution >= 0.6 is 19.8 Å². The monoisotopic (exact) mass is 412 g/mol. The predicted molar refractivity (Wildman–Crippen MR) is 121 cm³/mol. The third-order valence-electron chi connectivity index (χ3n) is 5.32. The molecule has 1 aromatic heterocycles. The van der Waals surface area contributed by atoms with Crippen LogP contribution in [-0.2, 0) is 9.72 Å². The summed E-state index contributed by atoms with van der Waals surface area (Å²) in [7, 11) is -0.934. The van der Waals surface area contributed by atoms with E-state index in [0.717, 1.165) is 28.8 Å². The predicted octanol–water partition coefficient (Wildman–Crippen LogP) is 6.02. The fraction of sp³-hybridized carbons (Fsp3) is 0.227. The van der Waals surface area contributed by atoms with Gasteiger partial charge in [0.1, 0.15) is 0 Å². The zero-order valence-corrected chi connectivity index (χ0v) is 18.0. The van der Waals surface area contributed by atoms with Gasteiger partial charge in [-0.05, 0) is 59.7 Å². The first-order valence-electron chi connectivity index (χ1n) is 9.34. The lowest BCUT2D eigenvalue weighted by molar-refractivity contribution is 0.102. The van der Waals surface area contributed by atoms with Crippen molar-refractivity contribution in [3.05, 3.63) is 71.1 Å². The van der Waals surface area contributed by atoms with Crippen LogP contribution in [-0.4, -0.2) is 5.91 Å². The molecule has 146 valence electrons. The maximum Gasteiger partial charge on any atom is 0.255 e. The van der Waals surface area contributed by atoms with Crippen LogP contribution in [0.5, 0.6) is 0 Å². The summed E-state index contributed by atoms with van der Waals surface area (Å²) in [4.78, 5) is 13.8. The minimum atomic E-state index is -0.934. The van der Waals surface area contributed by atoms with E-state index in [-0.39, 0.29) is 11.1 Å². The van der Waals surface area contributed by atoms with Crippen LogP contribution < -0.4 is 11.1 Å². The molecule has 1 heterocycles. The number of carbonyl (C=O) groups is 1. The molecule has 3 aromatic rings. The van der Waals surface area contributed by atoms with Crippen LogP contribution in [0.2, 0.25) is 0 Å². The second-order valence-electron chi connectivity index (χ2n) is 6.79. The van der Waals surface area contributed by atoms with E-state index >= 15 is 0 Å². The number of nitrogen functional groups attached to an aromatic ring is 1. The maximum atomic E-state index is 12.7. The molecule has 0 bridgehead atoms. The van der Waals surface area contributed by atoms with Crippen molar-refractivity contribution < 1.29 is 9.36 Å². The van der Waals surface area contributed by atoms with Gasteiger partial charge in [-0.1, -0.05) is 38.1 Å². The zero-order valence-electron chi connectivity index (χ0n) is 16.1. The highest BCUT2D eigenvalue weighted by atomic mass is 32.1. The smallest absolute Gasteiger partial charge is 0.255 e. The first kappa shape index (κ1) is 20.4. The van der Waals surface area contributed by atoms with Crippen molar-refractivity contribution in [1.82, 2.24) is 0 Å². The second-order valence-corrected chi connectivity index (χ2v) is 9.08. The zero-order chi connectivity index (χ0) is 20.1. The van der Waals surface area contributed by atoms with Crippen LogP contribution in [0.1, 0.15) is 42.6 Å². The number of nitrogens with two attached hydrogens (primary N) is 1. The summed E-state index contributed by atoms with van der Waals surface area (Å²) in [6.07, 6.45) is 1.64. The quantitative estimate of drug-likeness (QED) is 0.368. The normalized spacial score (nSPS) is 11.8. The Balaban J connectivity index is 1.82. The van der Waals surface area contributed by atoms with Crippen LogP contribution in [0.15, 0.2) is 60.0 Å². The summed E-state index contributed by atoms with van der Waals surface area (Å²) in [6.45, 7) is 4.11. The number of anilines is 2. The highest BCUT2D eigenvalue weighted by molar-refractivity contribution is 7.25. The Morgan fingerprint density at radius 2 is 1.82 bits per heavy atom. The summed E-state index contributed by atoms with van der Waals surface area (Å²) in [5.41, 5.74) is 9.77. The van der Waals surface area contributed by atoms with Gasteiger partial charge in [-0.2, -0.15) is 0 Å². The lowest BCUT2D eigenvalue weighted by atomic mass is 9.92. The number of amides is 1. The Bertz CT molecular complexity index is 965. The van der Waals surface area contributed by atoms with Crippen molar-refractivity contribution in [3.8, 4) is 10.4 Å². The van der Waals surface area contributed by atoms with Crippen molar-refractivity contribution in [1.29, 1.82) is 0 Å². The lowest BCUT2D eigenvalue weighted by Gasteiger charge is -2.26. The number of hydrogen-bond donors (Lipinski definition) is 2. The van der Waals surface area contributed by atoms with Gasteiger partial charge in [-0.3, -0.25) is 4.79 Å². The summed E-state index contributed by atoms with van der Waals surface area (Å²) < 4.78 is 11.8. The van der Waals surface area contributed by atoms with Crippen molar-refractivity contribution in [3.63, 3.8) is 0 Å². The van der Waals surface area contributed by atoms with Gasteiger partial charge in [0.15, 0.2) is 0 Å². The van der Waals surface area contributed by atoms with Gasteiger partial charge < -0.3 is 15.6 Å². The van der Waals surface area contributed by atoms with E-state index in [1.165, 1.54) is 0 Å². The SMILES string of the molecule is CCC(CC)([PH2]=O)c1ccc(C(=O)Nc2cc(-c3cccs3)ccc2N)cc1. The minimum absolute atomic E-state index is 0.213. The molecule has 0 fully saturated rings. The Morgan fingerprint density at radius 1 is 1.11 bits per heavy atom. The largest absolute Gasteiger partial charge is 0.397 e. The Morgan fingerprint density at radius 3 is 2.39 bits per heavy atom. The number of rotatable bonds is 7. The summed E-state index contributed by atoms with van der Waals surface area (Å²) in [5, 5.41) is 4.65. The number of benzene rings is 2. The molecular formula is C22H25N2O2PS. The average molecular weight is 412 g/mol. The first-order valence-corrected chi connectivity index (χ1v) is 11.3. The average Bonchev–Trinajstić information content (AvgIpc) is 3.27. The number of carbonyl (C=O) groups excluding carboxylic acids is 1. The lowest BCUT2D eigenvalue weighted by Crippen LogP contribution is -2.17. The number of thiophene rings is 1. The highest BCUT2D eigenvalue weighted by Gasteiger charge is 2.27. The minimum Gasteiger partial charge on any atom is -0.397 e. The molecule has 0 saturated heterocycles. The fourth-order valence-electron chi connectivity index (χ4n) is 3.30. The Labute approximate surface area is 171 Å². The summed E-state index contributed by atoms with van der Waals surface area (Å²) in [5.74, 6) is -0.213. The van der Waals surface area contributed by atoms with Gasteiger partial charge in [0.25, 0.3) is 5.91 Å². The molecule has 0 radical (unpaired) electrons. The van der Waals surface area contributed by atoms with Crippen LogP contribution in [0.25, 0.3) is 10.4 Å². The van der Waals surface area contributed by atoms with Crippen molar-refractivity contribution in [2.24, 2.45) is 0 Å². The molecule has 6 heteroatoms. The second kappa shape index (κ2) is 8.76. The van der Waals surface area contributed by atoms with Gasteiger partial charge >= 0.3 is 0 Å². The third kappa shape index (κ3) is 4.06. The fourth-order valence-corrected chi connectivity index (χ4v) is 4.69. The van der Waals surface area contributed by atoms with Gasteiger partial charge in [0, 0.05) is 15.6 Å². The molecule has 3 rings (SSSR count). The van der Waals surface area contributed by atoms with Gasteiger partial charge in [-0.15, -0.1) is 11.3 Å². The molecule has 0 saturated carbocycles. The molecule has 2 aromatic carbocycles. The number of hydrogen-bond acceptors (Lipinski definition) is 4. The van der Waals surface area contributed by atoms with E-state index in [4.69, 9.17) is 5.73 Å². The Hall–Kier alpha value is -2.36. The molecule has 3 N–H and O–H groups in total. The van der Waals surface area contributed by atoms with Crippen molar-refractivity contribution in [2.45, 2.75) is 31.8 Å². The van der Waals surface area contributed by atoms with Gasteiger partial charge in [0.2, 0.25) is 0 Å². The maximum absolute atomic E-state index is 12.7.